The van der Waals surface area contributed by atoms with Crippen LogP contribution in [0.5, 0.6) is 0 Å². The van der Waals surface area contributed by atoms with Crippen LogP contribution in [0.15, 0.2) is 0 Å². The minimum Gasteiger partial charge on any atom is -0.369 e. The second-order valence-electron chi connectivity index (χ2n) is 3.09. The molecule has 0 heterocycles. The average Bonchev–Trinajstić information content (AvgIpc) is 2.39. The lowest BCUT2D eigenvalue weighted by atomic mass is 10.4. The highest BCUT2D eigenvalue weighted by Crippen LogP contribution is 2.31. The Kier molecular flexibility index (Phi) is 3.24. The van der Waals surface area contributed by atoms with Crippen LogP contribution in [0.25, 0.3) is 0 Å². The van der Waals surface area contributed by atoms with Crippen molar-refractivity contribution in [3.63, 3.8) is 0 Å². The van der Waals surface area contributed by atoms with Crippen molar-refractivity contribution in [1.82, 2.24) is 0 Å². The summed E-state index contributed by atoms with van der Waals surface area (Å²) in [5, 5.41) is 0.690. The van der Waals surface area contributed by atoms with Gasteiger partial charge in [0.2, 0.25) is 5.91 Å². The Bertz CT molecular complexity index is 143. The summed E-state index contributed by atoms with van der Waals surface area (Å²) >= 11 is 1.74. The van der Waals surface area contributed by atoms with E-state index in [0.717, 1.165) is 0 Å². The predicted molar refractivity (Wildman–Crippen MR) is 48.5 cm³/mol. The van der Waals surface area contributed by atoms with E-state index in [1.807, 2.05) is 6.92 Å². The van der Waals surface area contributed by atoms with Crippen molar-refractivity contribution in [1.29, 1.82) is 0 Å². The van der Waals surface area contributed by atoms with E-state index >= 15 is 0 Å². The first-order valence-electron chi connectivity index (χ1n) is 4.15. The van der Waals surface area contributed by atoms with Crippen molar-refractivity contribution < 1.29 is 4.79 Å². The molecule has 1 aliphatic carbocycles. The van der Waals surface area contributed by atoms with E-state index in [9.17, 15) is 4.79 Å². The molecule has 11 heavy (non-hydrogen) atoms. The Labute approximate surface area is 71.9 Å². The van der Waals surface area contributed by atoms with Crippen LogP contribution in [0.3, 0.4) is 0 Å². The van der Waals surface area contributed by atoms with Gasteiger partial charge in [-0.2, -0.15) is 0 Å². The van der Waals surface area contributed by atoms with Crippen molar-refractivity contribution in [2.45, 2.75) is 43.1 Å². The topological polar surface area (TPSA) is 43.1 Å². The Balaban J connectivity index is 2.23. The van der Waals surface area contributed by atoms with Gasteiger partial charge < -0.3 is 5.73 Å². The van der Waals surface area contributed by atoms with Crippen LogP contribution in [-0.4, -0.2) is 16.4 Å². The van der Waals surface area contributed by atoms with Crippen LogP contribution in [0.1, 0.15) is 32.6 Å². The number of thioether (sulfide) groups is 1. The van der Waals surface area contributed by atoms with Crippen LogP contribution in [0.2, 0.25) is 0 Å². The summed E-state index contributed by atoms with van der Waals surface area (Å²) in [5.74, 6) is -0.179. The molecule has 0 saturated heterocycles. The molecule has 0 aliphatic heterocycles. The third kappa shape index (κ3) is 2.73. The van der Waals surface area contributed by atoms with Crippen LogP contribution in [0.4, 0.5) is 0 Å². The number of carbonyl (C=O) groups excluding carboxylic acids is 1. The maximum Gasteiger partial charge on any atom is 0.230 e. The zero-order chi connectivity index (χ0) is 8.27. The van der Waals surface area contributed by atoms with Gasteiger partial charge >= 0.3 is 0 Å². The standard InChI is InChI=1S/C8H15NOS/c1-6(8(9)10)11-7-4-2-3-5-7/h6-7H,2-5H2,1H3,(H2,9,10). The molecule has 3 heteroatoms. The highest BCUT2D eigenvalue weighted by atomic mass is 32.2. The Morgan fingerprint density at radius 3 is 2.55 bits per heavy atom. The lowest BCUT2D eigenvalue weighted by Crippen LogP contribution is -2.24. The molecule has 2 nitrogen and oxygen atoms in total. The van der Waals surface area contributed by atoms with Gasteiger partial charge in [0.15, 0.2) is 0 Å². The summed E-state index contributed by atoms with van der Waals surface area (Å²) in [6.45, 7) is 1.89. The Hall–Kier alpha value is -0.180. The summed E-state index contributed by atoms with van der Waals surface area (Å²) in [7, 11) is 0. The van der Waals surface area contributed by atoms with Crippen molar-refractivity contribution in [2.75, 3.05) is 0 Å². The maximum absolute atomic E-state index is 10.7. The lowest BCUT2D eigenvalue weighted by molar-refractivity contribution is -0.117. The number of hydrogen-bond acceptors (Lipinski definition) is 2. The van der Waals surface area contributed by atoms with Gasteiger partial charge in [-0.1, -0.05) is 12.8 Å². The highest BCUT2D eigenvalue weighted by molar-refractivity contribution is 8.01. The molecular formula is C8H15NOS. The fourth-order valence-electron chi connectivity index (χ4n) is 1.38. The molecule has 1 fully saturated rings. The van der Waals surface area contributed by atoms with Crippen LogP contribution < -0.4 is 5.73 Å². The molecule has 0 bridgehead atoms. The zero-order valence-electron chi connectivity index (χ0n) is 6.88. The first-order valence-corrected chi connectivity index (χ1v) is 5.09. The number of amides is 1. The van der Waals surface area contributed by atoms with Gasteiger partial charge in [-0.25, -0.2) is 0 Å². The monoisotopic (exact) mass is 173 g/mol. The smallest absolute Gasteiger partial charge is 0.230 e. The third-order valence-corrected chi connectivity index (χ3v) is 3.60. The maximum atomic E-state index is 10.7. The molecule has 0 aromatic carbocycles. The summed E-state index contributed by atoms with van der Waals surface area (Å²) in [5.41, 5.74) is 5.15. The molecule has 64 valence electrons. The van der Waals surface area contributed by atoms with Crippen molar-refractivity contribution in [2.24, 2.45) is 5.73 Å². The Morgan fingerprint density at radius 2 is 2.09 bits per heavy atom. The molecule has 1 aliphatic rings. The largest absolute Gasteiger partial charge is 0.369 e. The van der Waals surface area contributed by atoms with Gasteiger partial charge in [-0.3, -0.25) is 4.79 Å². The van der Waals surface area contributed by atoms with Gasteiger partial charge in [0.1, 0.15) is 0 Å². The van der Waals surface area contributed by atoms with Gasteiger partial charge in [0, 0.05) is 5.25 Å². The number of primary amides is 1. The van der Waals surface area contributed by atoms with E-state index in [2.05, 4.69) is 0 Å². The zero-order valence-corrected chi connectivity index (χ0v) is 7.69. The van der Waals surface area contributed by atoms with Crippen LogP contribution in [-0.2, 0) is 4.79 Å². The quantitative estimate of drug-likeness (QED) is 0.703. The van der Waals surface area contributed by atoms with Crippen molar-refractivity contribution in [3.05, 3.63) is 0 Å². The molecule has 1 unspecified atom stereocenters. The summed E-state index contributed by atoms with van der Waals surface area (Å²) in [4.78, 5) is 10.7. The molecule has 1 atom stereocenters. The van der Waals surface area contributed by atoms with Gasteiger partial charge in [0.25, 0.3) is 0 Å². The third-order valence-electron chi connectivity index (χ3n) is 2.10. The van der Waals surface area contributed by atoms with Crippen molar-refractivity contribution >= 4 is 17.7 Å². The van der Waals surface area contributed by atoms with E-state index < -0.39 is 0 Å². The number of nitrogens with two attached hydrogens (primary N) is 1. The van der Waals surface area contributed by atoms with Crippen molar-refractivity contribution in [3.8, 4) is 0 Å². The highest BCUT2D eigenvalue weighted by Gasteiger charge is 2.20. The second-order valence-corrected chi connectivity index (χ2v) is 4.73. The summed E-state index contributed by atoms with van der Waals surface area (Å²) in [6, 6.07) is 0. The molecule has 2 N–H and O–H groups in total. The first kappa shape index (κ1) is 8.91. The van der Waals surface area contributed by atoms with Gasteiger partial charge in [-0.05, 0) is 19.8 Å². The minimum absolute atomic E-state index is 0.00176. The first-order chi connectivity index (χ1) is 5.20. The molecule has 1 amide bonds. The fraction of sp³-hybridized carbons (Fsp3) is 0.875. The summed E-state index contributed by atoms with van der Waals surface area (Å²) in [6.07, 6.45) is 5.18. The van der Waals surface area contributed by atoms with Gasteiger partial charge in [-0.15, -0.1) is 11.8 Å². The normalized spacial score (nSPS) is 21.9. The average molecular weight is 173 g/mol. The molecule has 1 rings (SSSR count). The predicted octanol–water partition coefficient (Wildman–Crippen LogP) is 1.54. The van der Waals surface area contributed by atoms with Crippen LogP contribution >= 0.6 is 11.8 Å². The van der Waals surface area contributed by atoms with Crippen LogP contribution in [0, 0.1) is 0 Å². The molecule has 0 spiro atoms. The van der Waals surface area contributed by atoms with E-state index in [1.54, 1.807) is 11.8 Å². The molecule has 1 saturated carbocycles. The lowest BCUT2D eigenvalue weighted by Gasteiger charge is -2.12. The van der Waals surface area contributed by atoms with E-state index in [4.69, 9.17) is 5.73 Å². The molecule has 0 radical (unpaired) electrons. The minimum atomic E-state index is -0.179. The molecule has 0 aromatic rings. The molecular weight excluding hydrogens is 158 g/mol. The molecule has 0 aromatic heterocycles. The Morgan fingerprint density at radius 1 is 1.55 bits per heavy atom. The summed E-state index contributed by atoms with van der Waals surface area (Å²) < 4.78 is 0. The number of rotatable bonds is 3. The SMILES string of the molecule is CC(SC1CCCC1)C(N)=O. The number of hydrogen-bond donors (Lipinski definition) is 1. The van der Waals surface area contributed by atoms with E-state index in [-0.39, 0.29) is 11.2 Å². The van der Waals surface area contributed by atoms with E-state index in [1.165, 1.54) is 25.7 Å². The fourth-order valence-corrected chi connectivity index (χ4v) is 2.70. The van der Waals surface area contributed by atoms with E-state index in [0.29, 0.717) is 5.25 Å². The van der Waals surface area contributed by atoms with Gasteiger partial charge in [0.05, 0.1) is 5.25 Å². The number of carbonyl (C=O) groups is 1. The second kappa shape index (κ2) is 4.00.